The van der Waals surface area contributed by atoms with E-state index in [9.17, 15) is 18.0 Å². The van der Waals surface area contributed by atoms with Crippen molar-refractivity contribution < 1.29 is 27.5 Å². The Morgan fingerprint density at radius 2 is 2.08 bits per heavy atom. The molecule has 5 rings (SSSR count). The second kappa shape index (κ2) is 9.20. The summed E-state index contributed by atoms with van der Waals surface area (Å²) in [6.07, 6.45) is 2.88. The molecular weight excluding hydrogens is 508 g/mol. The van der Waals surface area contributed by atoms with Crippen LogP contribution in [0.3, 0.4) is 0 Å². The van der Waals surface area contributed by atoms with Gasteiger partial charge in [-0.25, -0.2) is 13.4 Å². The van der Waals surface area contributed by atoms with Crippen LogP contribution in [0.4, 0.5) is 0 Å². The van der Waals surface area contributed by atoms with Crippen LogP contribution in [0.25, 0.3) is 10.8 Å². The topological polar surface area (TPSA) is 136 Å². The molecule has 4 atom stereocenters. The summed E-state index contributed by atoms with van der Waals surface area (Å²) in [5, 5.41) is 7.18. The molecule has 12 heteroatoms. The highest BCUT2D eigenvalue weighted by atomic mass is 35.5. The van der Waals surface area contributed by atoms with Gasteiger partial charge in [0.2, 0.25) is 21.8 Å². The maximum absolute atomic E-state index is 13.1. The van der Waals surface area contributed by atoms with Gasteiger partial charge in [0.05, 0.1) is 18.4 Å². The second-order valence-corrected chi connectivity index (χ2v) is 11.8. The number of nitrogens with one attached hydrogen (secondary N) is 3. The molecular formula is C24H27ClN4O6S. The summed E-state index contributed by atoms with van der Waals surface area (Å²) in [6, 6.07) is 6.55. The third-order valence-electron chi connectivity index (χ3n) is 6.91. The maximum atomic E-state index is 13.1. The number of methoxy groups -OCH3 is 1. The fourth-order valence-electron chi connectivity index (χ4n) is 4.56. The van der Waals surface area contributed by atoms with E-state index in [4.69, 9.17) is 21.1 Å². The van der Waals surface area contributed by atoms with E-state index in [2.05, 4.69) is 26.9 Å². The van der Waals surface area contributed by atoms with E-state index in [0.717, 1.165) is 10.8 Å². The molecule has 4 unspecified atom stereocenters. The molecule has 0 spiro atoms. The van der Waals surface area contributed by atoms with Gasteiger partial charge in [0.25, 0.3) is 5.91 Å². The number of carbonyl (C=O) groups is 2. The van der Waals surface area contributed by atoms with Crippen molar-refractivity contribution in [3.63, 3.8) is 0 Å². The molecule has 1 aliphatic heterocycles. The number of pyridine rings is 1. The first-order chi connectivity index (χ1) is 17.1. The fourth-order valence-corrected chi connectivity index (χ4v) is 6.12. The average molecular weight is 535 g/mol. The SMILES string of the molecule is C=CC1CC1(NC(=O)C1CC(Oc2nc(Cl)cc3cc(OC)ccc23)CN1)C(=O)NS(=O)(=O)C1CC1. The van der Waals surface area contributed by atoms with Gasteiger partial charge in [-0.1, -0.05) is 17.7 Å². The van der Waals surface area contributed by atoms with Crippen molar-refractivity contribution in [1.29, 1.82) is 0 Å². The minimum absolute atomic E-state index is 0.268. The van der Waals surface area contributed by atoms with Gasteiger partial charge in [0, 0.05) is 24.3 Å². The highest BCUT2D eigenvalue weighted by Gasteiger charge is 2.61. The molecule has 3 N–H and O–H groups in total. The lowest BCUT2D eigenvalue weighted by Crippen LogP contribution is -2.55. The molecule has 3 fully saturated rings. The molecule has 3 aliphatic rings. The second-order valence-electron chi connectivity index (χ2n) is 9.46. The zero-order valence-corrected chi connectivity index (χ0v) is 21.2. The summed E-state index contributed by atoms with van der Waals surface area (Å²) >= 11 is 6.19. The van der Waals surface area contributed by atoms with E-state index < -0.39 is 38.7 Å². The number of aromatic nitrogens is 1. The normalized spacial score (nSPS) is 27.3. The zero-order valence-electron chi connectivity index (χ0n) is 19.6. The molecule has 1 saturated heterocycles. The van der Waals surface area contributed by atoms with E-state index in [1.54, 1.807) is 25.3 Å². The summed E-state index contributed by atoms with van der Waals surface area (Å²) in [5.74, 6) is -0.441. The number of carbonyl (C=O) groups excluding carboxylic acids is 2. The standard InChI is InChI=1S/C24H27ClN4O6S/c1-3-14-11-24(14,23(31)29-36(32,33)17-5-6-17)28-21(30)19-10-16(12-26-19)35-22-18-7-4-15(34-2)8-13(18)9-20(25)27-22/h3-4,7-9,14,16-17,19,26H,1,5-6,10-12H2,2H3,(H,28,30)(H,29,31). The van der Waals surface area contributed by atoms with Crippen molar-refractivity contribution >= 4 is 44.2 Å². The molecule has 0 radical (unpaired) electrons. The van der Waals surface area contributed by atoms with E-state index in [1.165, 1.54) is 0 Å². The zero-order chi connectivity index (χ0) is 25.7. The predicted molar refractivity (Wildman–Crippen MR) is 133 cm³/mol. The molecule has 10 nitrogen and oxygen atoms in total. The van der Waals surface area contributed by atoms with Gasteiger partial charge in [-0.15, -0.1) is 6.58 Å². The minimum atomic E-state index is -3.73. The van der Waals surface area contributed by atoms with Crippen LogP contribution in [0.15, 0.2) is 36.9 Å². The Morgan fingerprint density at radius 1 is 1.31 bits per heavy atom. The van der Waals surface area contributed by atoms with Crippen molar-refractivity contribution in [2.45, 2.75) is 48.6 Å². The smallest absolute Gasteiger partial charge is 0.259 e. The number of halogens is 1. The monoisotopic (exact) mass is 534 g/mol. The number of fused-ring (bicyclic) bond motifs is 1. The molecule has 0 bridgehead atoms. The van der Waals surface area contributed by atoms with E-state index in [-0.39, 0.29) is 17.2 Å². The first-order valence-electron chi connectivity index (χ1n) is 11.7. The van der Waals surface area contributed by atoms with Crippen LogP contribution in [0.2, 0.25) is 5.15 Å². The molecule has 1 aromatic heterocycles. The Labute approximate surface area is 213 Å². The molecule has 2 aromatic rings. The Bertz CT molecular complexity index is 1350. The number of benzene rings is 1. The third-order valence-corrected chi connectivity index (χ3v) is 8.92. The van der Waals surface area contributed by atoms with Crippen LogP contribution in [0.5, 0.6) is 11.6 Å². The van der Waals surface area contributed by atoms with Crippen LogP contribution >= 0.6 is 11.6 Å². The van der Waals surface area contributed by atoms with Crippen molar-refractivity contribution in [3.05, 3.63) is 42.1 Å². The Balaban J connectivity index is 1.25. The van der Waals surface area contributed by atoms with Crippen LogP contribution in [0, 0.1) is 5.92 Å². The molecule has 36 heavy (non-hydrogen) atoms. The Hall–Kier alpha value is -2.89. The van der Waals surface area contributed by atoms with Crippen LogP contribution in [0.1, 0.15) is 25.7 Å². The maximum Gasteiger partial charge on any atom is 0.259 e. The van der Waals surface area contributed by atoms with Crippen molar-refractivity contribution in [2.24, 2.45) is 5.92 Å². The molecule has 192 valence electrons. The Morgan fingerprint density at radius 3 is 2.75 bits per heavy atom. The first-order valence-corrected chi connectivity index (χ1v) is 13.6. The minimum Gasteiger partial charge on any atom is -0.497 e. The van der Waals surface area contributed by atoms with Gasteiger partial charge in [-0.3, -0.25) is 14.3 Å². The molecule has 2 saturated carbocycles. The number of hydrogen-bond donors (Lipinski definition) is 3. The van der Waals surface area contributed by atoms with Crippen LogP contribution < -0.4 is 24.8 Å². The first kappa shape index (κ1) is 24.8. The molecule has 2 amide bonds. The summed E-state index contributed by atoms with van der Waals surface area (Å²) in [5.41, 5.74) is -1.31. The fraction of sp³-hybridized carbons (Fsp3) is 0.458. The highest BCUT2D eigenvalue weighted by molar-refractivity contribution is 7.91. The van der Waals surface area contributed by atoms with E-state index in [0.29, 0.717) is 43.9 Å². The number of amides is 2. The van der Waals surface area contributed by atoms with Gasteiger partial charge in [0.1, 0.15) is 22.5 Å². The molecule has 2 heterocycles. The third kappa shape index (κ3) is 4.74. The van der Waals surface area contributed by atoms with Gasteiger partial charge in [-0.2, -0.15) is 0 Å². The summed E-state index contributed by atoms with van der Waals surface area (Å²) in [7, 11) is -2.15. The average Bonchev–Trinajstić information content (AvgIpc) is 3.76. The number of ether oxygens (including phenoxy) is 2. The quantitative estimate of drug-likeness (QED) is 0.326. The van der Waals surface area contributed by atoms with E-state index >= 15 is 0 Å². The Kier molecular flexibility index (Phi) is 6.34. The van der Waals surface area contributed by atoms with E-state index in [1.807, 2.05) is 12.1 Å². The van der Waals surface area contributed by atoms with Crippen molar-refractivity contribution in [3.8, 4) is 11.6 Å². The highest BCUT2D eigenvalue weighted by Crippen LogP contribution is 2.45. The van der Waals surface area contributed by atoms with Gasteiger partial charge in [0.15, 0.2) is 0 Å². The number of sulfonamides is 1. The number of nitrogens with zero attached hydrogens (tertiary/aromatic N) is 1. The summed E-state index contributed by atoms with van der Waals surface area (Å²) in [6.45, 7) is 4.09. The van der Waals surface area contributed by atoms with Crippen LogP contribution in [-0.2, 0) is 19.6 Å². The molecule has 1 aromatic carbocycles. The van der Waals surface area contributed by atoms with Gasteiger partial charge < -0.3 is 20.1 Å². The van der Waals surface area contributed by atoms with Gasteiger partial charge in [-0.05, 0) is 48.9 Å². The van der Waals surface area contributed by atoms with Crippen LogP contribution in [-0.4, -0.2) is 61.8 Å². The summed E-state index contributed by atoms with van der Waals surface area (Å²) < 4.78 is 38.0. The predicted octanol–water partition coefficient (Wildman–Crippen LogP) is 1.68. The van der Waals surface area contributed by atoms with Crippen molar-refractivity contribution in [1.82, 2.24) is 20.3 Å². The summed E-state index contributed by atoms with van der Waals surface area (Å²) in [4.78, 5) is 30.3. The number of rotatable bonds is 9. The molecule has 2 aliphatic carbocycles. The largest absolute Gasteiger partial charge is 0.497 e. The van der Waals surface area contributed by atoms with Crippen molar-refractivity contribution in [2.75, 3.05) is 13.7 Å². The lowest BCUT2D eigenvalue weighted by Gasteiger charge is -2.21. The lowest BCUT2D eigenvalue weighted by atomic mass is 10.1. The van der Waals surface area contributed by atoms with Gasteiger partial charge >= 0.3 is 0 Å². The number of hydrogen-bond acceptors (Lipinski definition) is 8. The lowest BCUT2D eigenvalue weighted by molar-refractivity contribution is -0.130.